The summed E-state index contributed by atoms with van der Waals surface area (Å²) in [5, 5.41) is 19.3. The summed E-state index contributed by atoms with van der Waals surface area (Å²) in [6.07, 6.45) is 2.65. The minimum absolute atomic E-state index is 0.0743. The van der Waals surface area contributed by atoms with Gasteiger partial charge in [-0.05, 0) is 12.8 Å². The molecule has 1 aliphatic rings. The number of carbonyl (C=O) groups excluding carboxylic acids is 2. The van der Waals surface area contributed by atoms with Crippen molar-refractivity contribution >= 4 is 11.9 Å². The van der Waals surface area contributed by atoms with E-state index in [1.165, 1.54) is 0 Å². The Balaban J connectivity index is 2.55. The minimum Gasteiger partial charge on any atom is -0.550 e. The maximum absolute atomic E-state index is 11.4. The van der Waals surface area contributed by atoms with Crippen LogP contribution in [0.4, 0.5) is 0 Å². The Morgan fingerprint density at radius 2 is 1.87 bits per heavy atom. The fraction of sp³-hybridized carbons (Fsp3) is 0.800. The van der Waals surface area contributed by atoms with E-state index in [0.717, 1.165) is 12.8 Å². The molecule has 5 nitrogen and oxygen atoms in total. The number of carbonyl (C=O) groups is 2. The number of hydrogen-bond donors (Lipinski definition) is 1. The highest BCUT2D eigenvalue weighted by atomic mass is 16.5. The predicted octanol–water partition coefficient (Wildman–Crippen LogP) is -0.922. The molecule has 0 radical (unpaired) electrons. The quantitative estimate of drug-likeness (QED) is 0.613. The zero-order chi connectivity index (χ0) is 11.3. The van der Waals surface area contributed by atoms with Gasteiger partial charge >= 0.3 is 5.97 Å². The predicted molar refractivity (Wildman–Crippen MR) is 48.5 cm³/mol. The van der Waals surface area contributed by atoms with E-state index < -0.39 is 23.8 Å². The van der Waals surface area contributed by atoms with Crippen LogP contribution in [-0.2, 0) is 14.3 Å². The maximum Gasteiger partial charge on any atom is 0.309 e. The molecule has 5 heteroatoms. The van der Waals surface area contributed by atoms with Crippen LogP contribution < -0.4 is 5.11 Å². The average Bonchev–Trinajstić information content (AvgIpc) is 2.25. The molecule has 0 heterocycles. The van der Waals surface area contributed by atoms with Gasteiger partial charge in [0.2, 0.25) is 0 Å². The molecular weight excluding hydrogens is 200 g/mol. The highest BCUT2D eigenvalue weighted by molar-refractivity contribution is 5.80. The summed E-state index contributed by atoms with van der Waals surface area (Å²) in [4.78, 5) is 22.2. The van der Waals surface area contributed by atoms with Crippen molar-refractivity contribution in [2.45, 2.75) is 25.7 Å². The molecule has 1 rings (SSSR count). The van der Waals surface area contributed by atoms with E-state index in [2.05, 4.69) is 0 Å². The van der Waals surface area contributed by atoms with E-state index in [9.17, 15) is 14.7 Å². The van der Waals surface area contributed by atoms with Gasteiger partial charge in [0.1, 0.15) is 6.61 Å². The van der Waals surface area contributed by atoms with Crippen molar-refractivity contribution in [1.29, 1.82) is 0 Å². The highest BCUT2D eigenvalue weighted by Crippen LogP contribution is 2.30. The highest BCUT2D eigenvalue weighted by Gasteiger charge is 2.32. The normalized spacial score (nSPS) is 25.9. The second-order valence-corrected chi connectivity index (χ2v) is 3.71. The van der Waals surface area contributed by atoms with Gasteiger partial charge in [0.15, 0.2) is 0 Å². The Labute approximate surface area is 88.0 Å². The molecule has 15 heavy (non-hydrogen) atoms. The first-order valence-electron chi connectivity index (χ1n) is 5.15. The van der Waals surface area contributed by atoms with Crippen molar-refractivity contribution in [3.8, 4) is 0 Å². The maximum atomic E-state index is 11.4. The number of aliphatic hydroxyl groups excluding tert-OH is 1. The SMILES string of the molecule is O=C(OCCO)[C@H]1CCCC[C@H]1C(=O)[O-]. The van der Waals surface area contributed by atoms with E-state index in [-0.39, 0.29) is 13.2 Å². The molecule has 0 amide bonds. The molecule has 0 saturated heterocycles. The number of rotatable bonds is 4. The molecule has 2 atom stereocenters. The number of esters is 1. The van der Waals surface area contributed by atoms with Crippen LogP contribution in [0.3, 0.4) is 0 Å². The zero-order valence-electron chi connectivity index (χ0n) is 8.48. The summed E-state index contributed by atoms with van der Waals surface area (Å²) >= 11 is 0. The molecule has 1 N–H and O–H groups in total. The number of hydrogen-bond acceptors (Lipinski definition) is 5. The first-order valence-corrected chi connectivity index (χ1v) is 5.15. The largest absolute Gasteiger partial charge is 0.550 e. The number of carboxylic acid groups (broad SMARTS) is 1. The second-order valence-electron chi connectivity index (χ2n) is 3.71. The van der Waals surface area contributed by atoms with Gasteiger partial charge in [-0.3, -0.25) is 4.79 Å². The summed E-state index contributed by atoms with van der Waals surface area (Å²) < 4.78 is 4.73. The van der Waals surface area contributed by atoms with Gasteiger partial charge in [0.05, 0.1) is 12.5 Å². The van der Waals surface area contributed by atoms with Crippen molar-refractivity contribution in [3.05, 3.63) is 0 Å². The molecule has 0 spiro atoms. The van der Waals surface area contributed by atoms with Crippen LogP contribution in [0, 0.1) is 11.8 Å². The summed E-state index contributed by atoms with van der Waals surface area (Å²) in [6, 6.07) is 0. The third-order valence-corrected chi connectivity index (χ3v) is 2.71. The number of aliphatic carboxylic acids is 1. The van der Waals surface area contributed by atoms with Crippen molar-refractivity contribution < 1.29 is 24.5 Å². The van der Waals surface area contributed by atoms with Crippen LogP contribution in [0.15, 0.2) is 0 Å². The minimum atomic E-state index is -1.18. The van der Waals surface area contributed by atoms with Crippen molar-refractivity contribution in [3.63, 3.8) is 0 Å². The fourth-order valence-corrected chi connectivity index (χ4v) is 1.95. The lowest BCUT2D eigenvalue weighted by atomic mass is 9.79. The van der Waals surface area contributed by atoms with Crippen molar-refractivity contribution in [1.82, 2.24) is 0 Å². The third-order valence-electron chi connectivity index (χ3n) is 2.71. The average molecular weight is 215 g/mol. The van der Waals surface area contributed by atoms with E-state index in [1.54, 1.807) is 0 Å². The smallest absolute Gasteiger partial charge is 0.309 e. The van der Waals surface area contributed by atoms with Gasteiger partial charge < -0.3 is 19.7 Å². The molecular formula is C10H15O5-. The van der Waals surface area contributed by atoms with E-state index in [1.807, 2.05) is 0 Å². The summed E-state index contributed by atoms with van der Waals surface area (Å²) in [5.74, 6) is -3.04. The molecule has 1 fully saturated rings. The van der Waals surface area contributed by atoms with E-state index in [4.69, 9.17) is 9.84 Å². The lowest BCUT2D eigenvalue weighted by molar-refractivity contribution is -0.314. The Morgan fingerprint density at radius 1 is 1.27 bits per heavy atom. The standard InChI is InChI=1S/C10H16O5/c11-5-6-15-10(14)8-4-2-1-3-7(8)9(12)13/h7-8,11H,1-6H2,(H,12,13)/p-1/t7-,8+/m1/s1. The fourth-order valence-electron chi connectivity index (χ4n) is 1.95. The van der Waals surface area contributed by atoms with Crippen LogP contribution >= 0.6 is 0 Å². The lowest BCUT2D eigenvalue weighted by Crippen LogP contribution is -2.41. The van der Waals surface area contributed by atoms with Gasteiger partial charge in [-0.1, -0.05) is 12.8 Å². The Hall–Kier alpha value is -1.10. The molecule has 86 valence electrons. The molecule has 0 aromatic rings. The van der Waals surface area contributed by atoms with Crippen molar-refractivity contribution in [2.24, 2.45) is 11.8 Å². The Kier molecular flexibility index (Phi) is 4.55. The molecule has 0 unspecified atom stereocenters. The molecule has 1 aliphatic carbocycles. The monoisotopic (exact) mass is 215 g/mol. The number of carboxylic acids is 1. The van der Waals surface area contributed by atoms with Gasteiger partial charge in [0, 0.05) is 11.9 Å². The van der Waals surface area contributed by atoms with Crippen LogP contribution in [0.5, 0.6) is 0 Å². The Morgan fingerprint density at radius 3 is 2.40 bits per heavy atom. The molecule has 0 aliphatic heterocycles. The van der Waals surface area contributed by atoms with Gasteiger partial charge in [-0.2, -0.15) is 0 Å². The van der Waals surface area contributed by atoms with Gasteiger partial charge in [-0.25, -0.2) is 0 Å². The molecule has 0 aromatic carbocycles. The second kappa shape index (κ2) is 5.70. The van der Waals surface area contributed by atoms with Crippen LogP contribution in [0.25, 0.3) is 0 Å². The number of aliphatic hydroxyl groups is 1. The molecule has 0 aromatic heterocycles. The first kappa shape index (κ1) is 12.0. The topological polar surface area (TPSA) is 86.7 Å². The Bertz CT molecular complexity index is 238. The summed E-state index contributed by atoms with van der Waals surface area (Å²) in [5.41, 5.74) is 0. The zero-order valence-corrected chi connectivity index (χ0v) is 8.48. The van der Waals surface area contributed by atoms with Crippen molar-refractivity contribution in [2.75, 3.05) is 13.2 Å². The molecule has 0 bridgehead atoms. The van der Waals surface area contributed by atoms with Crippen LogP contribution in [-0.4, -0.2) is 30.3 Å². The number of ether oxygens (including phenoxy) is 1. The van der Waals surface area contributed by atoms with E-state index >= 15 is 0 Å². The summed E-state index contributed by atoms with van der Waals surface area (Å²) in [6.45, 7) is -0.316. The van der Waals surface area contributed by atoms with Gasteiger partial charge in [0.25, 0.3) is 0 Å². The van der Waals surface area contributed by atoms with Crippen LogP contribution in [0.2, 0.25) is 0 Å². The third kappa shape index (κ3) is 3.20. The molecule has 1 saturated carbocycles. The van der Waals surface area contributed by atoms with Gasteiger partial charge in [-0.15, -0.1) is 0 Å². The summed E-state index contributed by atoms with van der Waals surface area (Å²) in [7, 11) is 0. The first-order chi connectivity index (χ1) is 7.16. The van der Waals surface area contributed by atoms with Crippen LogP contribution in [0.1, 0.15) is 25.7 Å². The lowest BCUT2D eigenvalue weighted by Gasteiger charge is -2.30. The van der Waals surface area contributed by atoms with E-state index in [0.29, 0.717) is 12.8 Å².